The molecule has 2 rings (SSSR count). The van der Waals surface area contributed by atoms with Gasteiger partial charge in [-0.15, -0.1) is 0 Å². The lowest BCUT2D eigenvalue weighted by Crippen LogP contribution is -2.04. The summed E-state index contributed by atoms with van der Waals surface area (Å²) in [5.41, 5.74) is 1.40. The molecule has 1 atom stereocenters. The summed E-state index contributed by atoms with van der Waals surface area (Å²) in [5, 5.41) is 11.6. The molecular weight excluding hydrogens is 485 g/mol. The minimum absolute atomic E-state index is 0.297. The van der Waals surface area contributed by atoms with Crippen LogP contribution in [0.15, 0.2) is 12.3 Å². The van der Waals surface area contributed by atoms with E-state index in [0.29, 0.717) is 56.4 Å². The van der Waals surface area contributed by atoms with Crippen molar-refractivity contribution in [3.63, 3.8) is 0 Å². The van der Waals surface area contributed by atoms with E-state index in [9.17, 15) is 0 Å². The van der Waals surface area contributed by atoms with Crippen LogP contribution in [-0.2, 0) is 0 Å². The zero-order valence-corrected chi connectivity index (χ0v) is 17.7. The number of aromatic nitrogens is 2. The summed E-state index contributed by atoms with van der Waals surface area (Å²) in [7, 11) is 3.01. The standard InChI is InChI=1S/C14H14Cl2IN4O2P/c1-6(18)7-5-19-14(20-13(7)21-24-17)10-11(15)8(22-2)4-9(23-3)12(10)16/h4-5,18,24H,1-3H3,(H,19,20,21). The number of nitrogens with one attached hydrogen (secondary N) is 2. The fourth-order valence-corrected chi connectivity index (χ4v) is 3.71. The average Bonchev–Trinajstić information content (AvgIpc) is 2.55. The summed E-state index contributed by atoms with van der Waals surface area (Å²) < 4.78 is 10.5. The highest BCUT2D eigenvalue weighted by Gasteiger charge is 2.22. The van der Waals surface area contributed by atoms with Gasteiger partial charge < -0.3 is 20.0 Å². The highest BCUT2D eigenvalue weighted by molar-refractivity contribution is 14.2. The number of nitrogens with zero attached hydrogens (tertiary/aromatic N) is 2. The van der Waals surface area contributed by atoms with Gasteiger partial charge in [-0.05, 0) is 29.0 Å². The second-order valence-corrected chi connectivity index (χ2v) is 7.40. The molecule has 6 nitrogen and oxygen atoms in total. The Balaban J connectivity index is 2.71. The molecule has 24 heavy (non-hydrogen) atoms. The van der Waals surface area contributed by atoms with Gasteiger partial charge in [-0.1, -0.05) is 23.2 Å². The van der Waals surface area contributed by atoms with Gasteiger partial charge in [0.05, 0.1) is 35.4 Å². The Morgan fingerprint density at radius 1 is 1.25 bits per heavy atom. The second kappa shape index (κ2) is 8.47. The van der Waals surface area contributed by atoms with Crippen molar-refractivity contribution >= 4 is 63.1 Å². The van der Waals surface area contributed by atoms with Crippen molar-refractivity contribution in [2.75, 3.05) is 19.3 Å². The normalized spacial score (nSPS) is 10.9. The molecule has 2 N–H and O–H groups in total. The van der Waals surface area contributed by atoms with E-state index in [1.54, 1.807) is 19.2 Å². The zero-order valence-electron chi connectivity index (χ0n) is 13.0. The molecule has 0 saturated heterocycles. The largest absolute Gasteiger partial charge is 0.495 e. The smallest absolute Gasteiger partial charge is 0.164 e. The van der Waals surface area contributed by atoms with Crippen LogP contribution in [0, 0.1) is 5.41 Å². The van der Waals surface area contributed by atoms with Gasteiger partial charge >= 0.3 is 0 Å². The molecule has 128 valence electrons. The molecule has 0 fully saturated rings. The number of hydrogen-bond acceptors (Lipinski definition) is 6. The van der Waals surface area contributed by atoms with E-state index in [4.69, 9.17) is 38.1 Å². The van der Waals surface area contributed by atoms with E-state index < -0.39 is 0 Å². The van der Waals surface area contributed by atoms with E-state index in [0.717, 1.165) is 0 Å². The Morgan fingerprint density at radius 2 is 1.83 bits per heavy atom. The average molecular weight is 499 g/mol. The molecule has 0 bridgehead atoms. The van der Waals surface area contributed by atoms with Crippen molar-refractivity contribution in [1.29, 1.82) is 5.41 Å². The van der Waals surface area contributed by atoms with Crippen LogP contribution in [0.3, 0.4) is 0 Å². The molecule has 2 aromatic rings. The number of rotatable bonds is 6. The van der Waals surface area contributed by atoms with E-state index in [1.807, 2.05) is 0 Å². The lowest BCUT2D eigenvalue weighted by atomic mass is 10.1. The molecular formula is C14H14Cl2IN4O2P. The highest BCUT2D eigenvalue weighted by Crippen LogP contribution is 2.45. The predicted octanol–water partition coefficient (Wildman–Crippen LogP) is 5.21. The SMILES string of the molecule is COc1cc(OC)c(Cl)c(-c2ncc(C(C)=N)c(NPI)n2)c1Cl. The van der Waals surface area contributed by atoms with Gasteiger partial charge in [-0.2, -0.15) is 0 Å². The molecule has 1 aromatic heterocycles. The van der Waals surface area contributed by atoms with Gasteiger partial charge in [0.25, 0.3) is 0 Å². The Hall–Kier alpha value is -0.890. The third-order valence-electron chi connectivity index (χ3n) is 3.16. The van der Waals surface area contributed by atoms with Crippen molar-refractivity contribution in [1.82, 2.24) is 9.97 Å². The van der Waals surface area contributed by atoms with Crippen LogP contribution in [0.25, 0.3) is 11.4 Å². The highest BCUT2D eigenvalue weighted by atomic mass is 127. The summed E-state index contributed by atoms with van der Waals surface area (Å²) in [6.07, 6.45) is 1.96. The minimum Gasteiger partial charge on any atom is -0.495 e. The summed E-state index contributed by atoms with van der Waals surface area (Å²) in [6.45, 7) is 1.67. The molecule has 0 radical (unpaired) electrons. The summed E-state index contributed by atoms with van der Waals surface area (Å²) in [5.74, 6) is 1.70. The molecule has 1 unspecified atom stereocenters. The Labute approximate surface area is 164 Å². The maximum absolute atomic E-state index is 7.83. The first-order valence-electron chi connectivity index (χ1n) is 6.59. The topological polar surface area (TPSA) is 80.1 Å². The van der Waals surface area contributed by atoms with E-state index in [1.165, 1.54) is 14.2 Å². The van der Waals surface area contributed by atoms with E-state index in [-0.39, 0.29) is 0 Å². The Morgan fingerprint density at radius 3 is 2.29 bits per heavy atom. The number of benzene rings is 1. The van der Waals surface area contributed by atoms with Gasteiger partial charge in [-0.3, -0.25) is 0 Å². The monoisotopic (exact) mass is 498 g/mol. The van der Waals surface area contributed by atoms with Crippen LogP contribution >= 0.6 is 51.6 Å². The second-order valence-electron chi connectivity index (χ2n) is 4.58. The number of anilines is 1. The van der Waals surface area contributed by atoms with Crippen LogP contribution in [0.4, 0.5) is 5.82 Å². The number of methoxy groups -OCH3 is 2. The molecule has 1 heterocycles. The summed E-state index contributed by atoms with van der Waals surface area (Å²) in [6, 6.07) is 1.61. The fourth-order valence-electron chi connectivity index (χ4n) is 2.00. The molecule has 1 aromatic carbocycles. The molecule has 0 aliphatic carbocycles. The first-order chi connectivity index (χ1) is 11.4. The number of halogens is 3. The van der Waals surface area contributed by atoms with Crippen molar-refractivity contribution < 1.29 is 9.47 Å². The van der Waals surface area contributed by atoms with E-state index in [2.05, 4.69) is 37.1 Å². The van der Waals surface area contributed by atoms with Crippen molar-refractivity contribution in [2.45, 2.75) is 6.92 Å². The molecule has 0 aliphatic heterocycles. The zero-order chi connectivity index (χ0) is 17.9. The molecule has 10 heteroatoms. The summed E-state index contributed by atoms with van der Waals surface area (Å²) in [4.78, 5) is 8.80. The van der Waals surface area contributed by atoms with E-state index >= 15 is 0 Å². The quantitative estimate of drug-likeness (QED) is 0.324. The Kier molecular flexibility index (Phi) is 6.86. The fraction of sp³-hybridized carbons (Fsp3) is 0.214. The predicted molar refractivity (Wildman–Crippen MR) is 109 cm³/mol. The van der Waals surface area contributed by atoms with Gasteiger partial charge in [0.2, 0.25) is 0 Å². The lowest BCUT2D eigenvalue weighted by molar-refractivity contribution is 0.395. The molecule has 0 spiro atoms. The van der Waals surface area contributed by atoms with Crippen molar-refractivity contribution in [3.8, 4) is 22.9 Å². The van der Waals surface area contributed by atoms with Crippen LogP contribution in [0.2, 0.25) is 10.0 Å². The molecule has 0 aliphatic rings. The molecule has 0 saturated carbocycles. The maximum Gasteiger partial charge on any atom is 0.164 e. The van der Waals surface area contributed by atoms with Gasteiger partial charge in [-0.25, -0.2) is 9.97 Å². The van der Waals surface area contributed by atoms with Gasteiger partial charge in [0.1, 0.15) is 17.3 Å². The van der Waals surface area contributed by atoms with Gasteiger partial charge in [0, 0.05) is 24.3 Å². The van der Waals surface area contributed by atoms with Crippen molar-refractivity contribution in [2.24, 2.45) is 0 Å². The van der Waals surface area contributed by atoms with Crippen LogP contribution in [-0.4, -0.2) is 29.9 Å². The Bertz CT molecular complexity index is 764. The molecule has 0 amide bonds. The van der Waals surface area contributed by atoms with Crippen molar-refractivity contribution in [3.05, 3.63) is 27.9 Å². The summed E-state index contributed by atoms with van der Waals surface area (Å²) >= 11 is 15.0. The first kappa shape index (κ1) is 19.4. The van der Waals surface area contributed by atoms with Gasteiger partial charge in [0.15, 0.2) is 5.82 Å². The van der Waals surface area contributed by atoms with Crippen LogP contribution < -0.4 is 14.6 Å². The van der Waals surface area contributed by atoms with Crippen LogP contribution in [0.5, 0.6) is 11.5 Å². The number of hydrogen-bond donors (Lipinski definition) is 2. The number of ether oxygens (including phenoxy) is 2. The third-order valence-corrected chi connectivity index (χ3v) is 5.05. The van der Waals surface area contributed by atoms with Crippen LogP contribution in [0.1, 0.15) is 12.5 Å². The third kappa shape index (κ3) is 3.85. The minimum atomic E-state index is 0.297. The maximum atomic E-state index is 7.83. The lowest BCUT2D eigenvalue weighted by Gasteiger charge is -2.15. The first-order valence-corrected chi connectivity index (χ1v) is 11.5.